The lowest BCUT2D eigenvalue weighted by molar-refractivity contribution is -0.0731. The molecule has 0 amide bonds. The molecule has 0 aliphatic carbocycles. The minimum absolute atomic E-state index is 0.373. The minimum Gasteiger partial charge on any atom is -0.466 e. The summed E-state index contributed by atoms with van der Waals surface area (Å²) in [5, 5.41) is 18.4. The molecule has 1 N–H and O–H groups in total. The zero-order valence-electron chi connectivity index (χ0n) is 13.7. The molecule has 1 aromatic carbocycles. The van der Waals surface area contributed by atoms with Crippen molar-refractivity contribution in [3.8, 4) is 5.75 Å². The highest BCUT2D eigenvalue weighted by atomic mass is 16.6. The van der Waals surface area contributed by atoms with Gasteiger partial charge in [0.2, 0.25) is 6.23 Å². The van der Waals surface area contributed by atoms with Crippen molar-refractivity contribution in [3.05, 3.63) is 42.5 Å². The molecule has 0 saturated carbocycles. The Morgan fingerprint density at radius 2 is 1.96 bits per heavy atom. The van der Waals surface area contributed by atoms with Gasteiger partial charge in [-0.05, 0) is 35.2 Å². The molecule has 0 fully saturated rings. The highest BCUT2D eigenvalue weighted by Crippen LogP contribution is 2.30. The Morgan fingerprint density at radius 1 is 1.26 bits per heavy atom. The van der Waals surface area contributed by atoms with Crippen LogP contribution >= 0.6 is 0 Å². The SMILES string of the molecule is CO/N=C/c1ccc(OC(C(O)C(C)(C)C)n2cncn2)cc1. The van der Waals surface area contributed by atoms with E-state index in [1.165, 1.54) is 24.4 Å². The van der Waals surface area contributed by atoms with E-state index in [0.29, 0.717) is 5.75 Å². The predicted molar refractivity (Wildman–Crippen MR) is 86.2 cm³/mol. The molecule has 2 unspecified atom stereocenters. The molecule has 124 valence electrons. The first-order chi connectivity index (χ1) is 10.9. The fourth-order valence-electron chi connectivity index (χ4n) is 1.93. The number of hydrogen-bond acceptors (Lipinski definition) is 6. The van der Waals surface area contributed by atoms with Crippen LogP contribution in [0.2, 0.25) is 0 Å². The summed E-state index contributed by atoms with van der Waals surface area (Å²) >= 11 is 0. The molecule has 7 heteroatoms. The normalized spacial score (nSPS) is 14.7. The van der Waals surface area contributed by atoms with E-state index in [1.54, 1.807) is 18.3 Å². The monoisotopic (exact) mass is 318 g/mol. The molecule has 1 heterocycles. The summed E-state index contributed by atoms with van der Waals surface area (Å²) in [4.78, 5) is 8.57. The van der Waals surface area contributed by atoms with Crippen LogP contribution in [0.4, 0.5) is 0 Å². The van der Waals surface area contributed by atoms with Gasteiger partial charge in [0.05, 0.1) is 6.21 Å². The Bertz CT molecular complexity index is 618. The van der Waals surface area contributed by atoms with E-state index in [1.807, 2.05) is 32.9 Å². The van der Waals surface area contributed by atoms with E-state index in [-0.39, 0.29) is 5.41 Å². The van der Waals surface area contributed by atoms with Crippen LogP contribution in [0, 0.1) is 5.41 Å². The predicted octanol–water partition coefficient (Wildman–Crippen LogP) is 2.24. The second kappa shape index (κ2) is 7.23. The third kappa shape index (κ3) is 4.53. The Labute approximate surface area is 135 Å². The maximum atomic E-state index is 10.6. The number of rotatable bonds is 6. The van der Waals surface area contributed by atoms with Crippen LogP contribution in [0.3, 0.4) is 0 Å². The summed E-state index contributed by atoms with van der Waals surface area (Å²) in [7, 11) is 1.49. The summed E-state index contributed by atoms with van der Waals surface area (Å²) in [6.07, 6.45) is 3.10. The lowest BCUT2D eigenvalue weighted by atomic mass is 9.88. The first kappa shape index (κ1) is 17.0. The van der Waals surface area contributed by atoms with Gasteiger partial charge in [0, 0.05) is 0 Å². The van der Waals surface area contributed by atoms with Gasteiger partial charge in [0.15, 0.2) is 0 Å². The number of oxime groups is 1. The third-order valence-electron chi connectivity index (χ3n) is 3.30. The third-order valence-corrected chi connectivity index (χ3v) is 3.30. The smallest absolute Gasteiger partial charge is 0.219 e. The first-order valence-electron chi connectivity index (χ1n) is 7.27. The highest BCUT2D eigenvalue weighted by Gasteiger charge is 2.34. The summed E-state index contributed by atoms with van der Waals surface area (Å²) in [5.41, 5.74) is 0.509. The van der Waals surface area contributed by atoms with Gasteiger partial charge in [-0.2, -0.15) is 5.10 Å². The number of aromatic nitrogens is 3. The van der Waals surface area contributed by atoms with Crippen LogP contribution in [0.5, 0.6) is 5.75 Å². The molecule has 1 aromatic heterocycles. The quantitative estimate of drug-likeness (QED) is 0.652. The first-order valence-corrected chi connectivity index (χ1v) is 7.27. The Morgan fingerprint density at radius 3 is 2.48 bits per heavy atom. The molecule has 0 bridgehead atoms. The number of aliphatic hydroxyl groups is 1. The molecule has 0 saturated heterocycles. The van der Waals surface area contributed by atoms with Crippen LogP contribution in [-0.4, -0.2) is 39.3 Å². The number of ether oxygens (including phenoxy) is 1. The van der Waals surface area contributed by atoms with Gasteiger partial charge in [-0.25, -0.2) is 9.67 Å². The molecular formula is C16H22N4O3. The Hall–Kier alpha value is -2.41. The summed E-state index contributed by atoms with van der Waals surface area (Å²) < 4.78 is 7.45. The van der Waals surface area contributed by atoms with Gasteiger partial charge in [-0.3, -0.25) is 0 Å². The lowest BCUT2D eigenvalue weighted by Gasteiger charge is -2.32. The van der Waals surface area contributed by atoms with Gasteiger partial charge in [0.1, 0.15) is 31.6 Å². The molecule has 0 radical (unpaired) electrons. The van der Waals surface area contributed by atoms with Gasteiger partial charge in [-0.15, -0.1) is 0 Å². The van der Waals surface area contributed by atoms with E-state index in [4.69, 9.17) is 4.74 Å². The van der Waals surface area contributed by atoms with Crippen molar-refractivity contribution in [3.63, 3.8) is 0 Å². The Balaban J connectivity index is 2.19. The molecule has 23 heavy (non-hydrogen) atoms. The fourth-order valence-corrected chi connectivity index (χ4v) is 1.93. The highest BCUT2D eigenvalue weighted by molar-refractivity contribution is 5.79. The van der Waals surface area contributed by atoms with Crippen LogP contribution in [0.1, 0.15) is 32.6 Å². The van der Waals surface area contributed by atoms with Gasteiger partial charge < -0.3 is 14.7 Å². The zero-order chi connectivity index (χ0) is 16.9. The van der Waals surface area contributed by atoms with Gasteiger partial charge in [-0.1, -0.05) is 25.9 Å². The number of benzene rings is 1. The number of aliphatic hydroxyl groups excluding tert-OH is 1. The molecule has 2 atom stereocenters. The standard InChI is InChI=1S/C16H22N4O3/c1-16(2,3)14(21)15(20-11-17-10-18-20)23-13-7-5-12(6-8-13)9-19-22-4/h5-11,14-15,21H,1-4H3/b19-9+. The molecule has 2 aromatic rings. The average molecular weight is 318 g/mol. The van der Waals surface area contributed by atoms with E-state index >= 15 is 0 Å². The van der Waals surface area contributed by atoms with Crippen molar-refractivity contribution in [1.82, 2.24) is 14.8 Å². The van der Waals surface area contributed by atoms with Crippen LogP contribution in [-0.2, 0) is 4.84 Å². The van der Waals surface area contributed by atoms with E-state index in [0.717, 1.165) is 5.56 Å². The zero-order valence-corrected chi connectivity index (χ0v) is 13.7. The van der Waals surface area contributed by atoms with E-state index in [2.05, 4.69) is 20.1 Å². The summed E-state index contributed by atoms with van der Waals surface area (Å²) in [6, 6.07) is 7.30. The second-order valence-electron chi connectivity index (χ2n) is 6.18. The van der Waals surface area contributed by atoms with E-state index < -0.39 is 12.3 Å². The summed E-state index contributed by atoms with van der Waals surface area (Å²) in [6.45, 7) is 5.82. The number of hydrogen-bond donors (Lipinski definition) is 1. The molecule has 0 spiro atoms. The average Bonchev–Trinajstić information content (AvgIpc) is 3.04. The fraction of sp³-hybridized carbons (Fsp3) is 0.438. The maximum Gasteiger partial charge on any atom is 0.219 e. The lowest BCUT2D eigenvalue weighted by Crippen LogP contribution is -2.38. The van der Waals surface area contributed by atoms with E-state index in [9.17, 15) is 5.11 Å². The van der Waals surface area contributed by atoms with Crippen molar-refractivity contribution in [1.29, 1.82) is 0 Å². The van der Waals surface area contributed by atoms with Crippen LogP contribution in [0.15, 0.2) is 42.1 Å². The molecule has 7 nitrogen and oxygen atoms in total. The summed E-state index contributed by atoms with van der Waals surface area (Å²) in [5.74, 6) is 0.614. The molecule has 0 aliphatic rings. The van der Waals surface area contributed by atoms with Crippen molar-refractivity contribution in [2.24, 2.45) is 10.6 Å². The molecular weight excluding hydrogens is 296 g/mol. The van der Waals surface area contributed by atoms with Gasteiger partial charge in [0.25, 0.3) is 0 Å². The second-order valence-corrected chi connectivity index (χ2v) is 6.18. The molecule has 0 aliphatic heterocycles. The van der Waals surface area contributed by atoms with Crippen molar-refractivity contribution < 1.29 is 14.7 Å². The van der Waals surface area contributed by atoms with Gasteiger partial charge >= 0.3 is 0 Å². The van der Waals surface area contributed by atoms with Crippen LogP contribution in [0.25, 0.3) is 0 Å². The largest absolute Gasteiger partial charge is 0.466 e. The molecule has 2 rings (SSSR count). The van der Waals surface area contributed by atoms with Crippen molar-refractivity contribution >= 4 is 6.21 Å². The van der Waals surface area contributed by atoms with Crippen molar-refractivity contribution in [2.45, 2.75) is 33.1 Å². The minimum atomic E-state index is -0.765. The number of nitrogens with zero attached hydrogens (tertiary/aromatic N) is 4. The van der Waals surface area contributed by atoms with Crippen molar-refractivity contribution in [2.75, 3.05) is 7.11 Å². The topological polar surface area (TPSA) is 81.8 Å². The maximum absolute atomic E-state index is 10.6. The Kier molecular flexibility index (Phi) is 5.33. The van der Waals surface area contributed by atoms with Crippen LogP contribution < -0.4 is 4.74 Å².